The molecule has 1 aliphatic heterocycles. The molecule has 8 nitrogen and oxygen atoms in total. The first-order valence-corrected chi connectivity index (χ1v) is 10.7. The van der Waals surface area contributed by atoms with Gasteiger partial charge in [-0.1, -0.05) is 0 Å². The van der Waals surface area contributed by atoms with E-state index >= 15 is 0 Å². The van der Waals surface area contributed by atoms with Crippen LogP contribution in [-0.2, 0) is 14.8 Å². The summed E-state index contributed by atoms with van der Waals surface area (Å²) in [5, 5.41) is 2.73. The second kappa shape index (κ2) is 9.25. The molecule has 0 aromatic heterocycles. The van der Waals surface area contributed by atoms with Crippen molar-refractivity contribution in [2.24, 2.45) is 0 Å². The highest BCUT2D eigenvalue weighted by Gasteiger charge is 2.20. The molecule has 1 heterocycles. The molecule has 3 rings (SSSR count). The zero-order valence-electron chi connectivity index (χ0n) is 16.3. The van der Waals surface area contributed by atoms with Gasteiger partial charge in [0.2, 0.25) is 10.0 Å². The molecular formula is C20H24N2O6S. The summed E-state index contributed by atoms with van der Waals surface area (Å²) in [6, 6.07) is 10.8. The first-order chi connectivity index (χ1) is 13.9. The molecule has 1 fully saturated rings. The fourth-order valence-electron chi connectivity index (χ4n) is 2.99. The van der Waals surface area contributed by atoms with Crippen LogP contribution in [0, 0.1) is 0 Å². The highest BCUT2D eigenvalue weighted by atomic mass is 32.2. The topological polar surface area (TPSA) is 103 Å². The molecule has 0 radical (unpaired) electrons. The zero-order chi connectivity index (χ0) is 20.9. The number of hydrogen-bond donors (Lipinski definition) is 2. The molecule has 1 atom stereocenters. The van der Waals surface area contributed by atoms with E-state index in [0.717, 1.165) is 12.8 Å². The van der Waals surface area contributed by atoms with Gasteiger partial charge in [0.1, 0.15) is 0 Å². The molecule has 2 aromatic rings. The minimum atomic E-state index is -3.63. The number of carbonyl (C=O) groups excluding carboxylic acids is 1. The molecule has 2 aromatic carbocycles. The predicted molar refractivity (Wildman–Crippen MR) is 108 cm³/mol. The number of ether oxygens (including phenoxy) is 3. The van der Waals surface area contributed by atoms with Crippen molar-refractivity contribution in [2.45, 2.75) is 23.8 Å². The monoisotopic (exact) mass is 420 g/mol. The summed E-state index contributed by atoms with van der Waals surface area (Å²) >= 11 is 0. The third-order valence-electron chi connectivity index (χ3n) is 4.59. The van der Waals surface area contributed by atoms with Crippen LogP contribution in [0.5, 0.6) is 11.5 Å². The third kappa shape index (κ3) is 5.26. The maximum Gasteiger partial charge on any atom is 0.255 e. The maximum atomic E-state index is 12.5. The van der Waals surface area contributed by atoms with Crippen LogP contribution < -0.4 is 19.5 Å². The van der Waals surface area contributed by atoms with Gasteiger partial charge in [-0.3, -0.25) is 4.79 Å². The van der Waals surface area contributed by atoms with E-state index < -0.39 is 10.0 Å². The number of carbonyl (C=O) groups is 1. The smallest absolute Gasteiger partial charge is 0.255 e. The molecule has 0 unspecified atom stereocenters. The van der Waals surface area contributed by atoms with Gasteiger partial charge in [-0.2, -0.15) is 0 Å². The molecule has 29 heavy (non-hydrogen) atoms. The average Bonchev–Trinajstić information content (AvgIpc) is 3.26. The minimum absolute atomic E-state index is 0.0789. The van der Waals surface area contributed by atoms with Crippen LogP contribution in [0.3, 0.4) is 0 Å². The zero-order valence-corrected chi connectivity index (χ0v) is 17.1. The highest BCUT2D eigenvalue weighted by Crippen LogP contribution is 2.28. The summed E-state index contributed by atoms with van der Waals surface area (Å²) in [5.74, 6) is 0.617. The minimum Gasteiger partial charge on any atom is -0.493 e. The lowest BCUT2D eigenvalue weighted by Gasteiger charge is -2.12. The standard InChI is InChI=1S/C20H24N2O6S/c1-26-18-10-5-14(12-19(18)27-2)20(23)22-15-6-8-17(9-7-15)29(24,25)21-13-16-4-3-11-28-16/h5-10,12,16,21H,3-4,11,13H2,1-2H3,(H,22,23)/t16-/m1/s1. The normalized spacial score (nSPS) is 16.4. The van der Waals surface area contributed by atoms with E-state index in [4.69, 9.17) is 14.2 Å². The molecular weight excluding hydrogens is 396 g/mol. The Labute approximate surface area is 170 Å². The number of sulfonamides is 1. The van der Waals surface area contributed by atoms with Crippen molar-refractivity contribution < 1.29 is 27.4 Å². The summed E-state index contributed by atoms with van der Waals surface area (Å²) in [4.78, 5) is 12.6. The lowest BCUT2D eigenvalue weighted by atomic mass is 10.2. The van der Waals surface area contributed by atoms with Crippen LogP contribution in [0.1, 0.15) is 23.2 Å². The number of rotatable bonds is 8. The lowest BCUT2D eigenvalue weighted by molar-refractivity contribution is 0.102. The highest BCUT2D eigenvalue weighted by molar-refractivity contribution is 7.89. The van der Waals surface area contributed by atoms with E-state index in [1.54, 1.807) is 30.3 Å². The molecule has 1 saturated heterocycles. The summed E-state index contributed by atoms with van der Waals surface area (Å²) < 4.78 is 43.1. The van der Waals surface area contributed by atoms with Gasteiger partial charge in [0.05, 0.1) is 25.2 Å². The molecule has 0 bridgehead atoms. The molecule has 156 valence electrons. The summed E-state index contributed by atoms with van der Waals surface area (Å²) in [5.41, 5.74) is 0.862. The SMILES string of the molecule is COc1ccc(C(=O)Nc2ccc(S(=O)(=O)NC[C@H]3CCCO3)cc2)cc1OC. The van der Waals surface area contributed by atoms with Crippen LogP contribution >= 0.6 is 0 Å². The number of nitrogens with one attached hydrogen (secondary N) is 2. The van der Waals surface area contributed by atoms with Crippen LogP contribution in [0.15, 0.2) is 47.4 Å². The second-order valence-electron chi connectivity index (χ2n) is 6.54. The van der Waals surface area contributed by atoms with Gasteiger partial charge in [-0.25, -0.2) is 13.1 Å². The van der Waals surface area contributed by atoms with Crippen molar-refractivity contribution in [3.8, 4) is 11.5 Å². The van der Waals surface area contributed by atoms with Crippen molar-refractivity contribution in [1.82, 2.24) is 4.72 Å². The van der Waals surface area contributed by atoms with Gasteiger partial charge in [0.15, 0.2) is 11.5 Å². The Morgan fingerprint density at radius 1 is 1.10 bits per heavy atom. The van der Waals surface area contributed by atoms with Crippen LogP contribution in [-0.4, -0.2) is 47.8 Å². The Morgan fingerprint density at radius 2 is 1.83 bits per heavy atom. The fourth-order valence-corrected chi connectivity index (χ4v) is 4.06. The number of benzene rings is 2. The maximum absolute atomic E-state index is 12.5. The van der Waals surface area contributed by atoms with Crippen molar-refractivity contribution >= 4 is 21.6 Å². The van der Waals surface area contributed by atoms with Crippen molar-refractivity contribution in [2.75, 3.05) is 32.7 Å². The van der Waals surface area contributed by atoms with Crippen LogP contribution in [0.4, 0.5) is 5.69 Å². The first-order valence-electron chi connectivity index (χ1n) is 9.17. The molecule has 0 saturated carbocycles. The molecule has 1 aliphatic rings. The van der Waals surface area contributed by atoms with Crippen molar-refractivity contribution in [1.29, 1.82) is 0 Å². The summed E-state index contributed by atoms with van der Waals surface area (Å²) in [6.07, 6.45) is 1.72. The number of hydrogen-bond acceptors (Lipinski definition) is 6. The summed E-state index contributed by atoms with van der Waals surface area (Å²) in [6.45, 7) is 0.918. The van der Waals surface area contributed by atoms with Gasteiger partial charge in [0.25, 0.3) is 5.91 Å². The third-order valence-corrected chi connectivity index (χ3v) is 6.03. The molecule has 9 heteroatoms. The lowest BCUT2D eigenvalue weighted by Crippen LogP contribution is -2.31. The van der Waals surface area contributed by atoms with Gasteiger partial charge in [-0.05, 0) is 55.3 Å². The van der Waals surface area contributed by atoms with Crippen LogP contribution in [0.25, 0.3) is 0 Å². The molecule has 1 amide bonds. The molecule has 2 N–H and O–H groups in total. The van der Waals surface area contributed by atoms with E-state index in [1.165, 1.54) is 26.4 Å². The van der Waals surface area contributed by atoms with E-state index in [-0.39, 0.29) is 23.5 Å². The Morgan fingerprint density at radius 3 is 2.45 bits per heavy atom. The van der Waals surface area contributed by atoms with Gasteiger partial charge >= 0.3 is 0 Å². The first kappa shape index (κ1) is 21.1. The Kier molecular flexibility index (Phi) is 6.73. The van der Waals surface area contributed by atoms with Crippen LogP contribution in [0.2, 0.25) is 0 Å². The number of amides is 1. The second-order valence-corrected chi connectivity index (χ2v) is 8.30. The van der Waals surface area contributed by atoms with E-state index in [1.807, 2.05) is 0 Å². The van der Waals surface area contributed by atoms with E-state index in [2.05, 4.69) is 10.0 Å². The predicted octanol–water partition coefficient (Wildman–Crippen LogP) is 2.41. The van der Waals surface area contributed by atoms with Crippen molar-refractivity contribution in [3.63, 3.8) is 0 Å². The van der Waals surface area contributed by atoms with Crippen molar-refractivity contribution in [3.05, 3.63) is 48.0 Å². The van der Waals surface area contributed by atoms with Gasteiger partial charge in [0, 0.05) is 24.4 Å². The molecule has 0 spiro atoms. The fraction of sp³-hybridized carbons (Fsp3) is 0.350. The van der Waals surface area contributed by atoms with E-state index in [9.17, 15) is 13.2 Å². The Bertz CT molecular complexity index is 953. The Balaban J connectivity index is 1.64. The number of methoxy groups -OCH3 is 2. The average molecular weight is 420 g/mol. The molecule has 0 aliphatic carbocycles. The van der Waals surface area contributed by atoms with Gasteiger partial charge in [-0.15, -0.1) is 0 Å². The Hall–Kier alpha value is -2.62. The number of anilines is 1. The quantitative estimate of drug-likeness (QED) is 0.680. The van der Waals surface area contributed by atoms with Gasteiger partial charge < -0.3 is 19.5 Å². The van der Waals surface area contributed by atoms with E-state index in [0.29, 0.717) is 29.4 Å². The summed E-state index contributed by atoms with van der Waals surface area (Å²) in [7, 11) is -0.627. The largest absolute Gasteiger partial charge is 0.493 e.